The molecule has 1 fully saturated rings. The van der Waals surface area contributed by atoms with Gasteiger partial charge in [-0.15, -0.1) is 5.10 Å². The molecule has 0 unspecified atom stereocenters. The number of amides is 1. The van der Waals surface area contributed by atoms with E-state index in [1.165, 1.54) is 22.0 Å². The summed E-state index contributed by atoms with van der Waals surface area (Å²) in [6, 6.07) is 5.10. The van der Waals surface area contributed by atoms with Crippen molar-refractivity contribution < 1.29 is 9.53 Å². The van der Waals surface area contributed by atoms with Crippen LogP contribution < -0.4 is 15.8 Å². The molecule has 1 aliphatic rings. The van der Waals surface area contributed by atoms with Gasteiger partial charge in [-0.2, -0.15) is 4.52 Å². The SMILES string of the molecule is Cc1cc(Cl)ccc1NC(=O)c1cnc2sc(N3CCOCC3)nn2c1=O. The van der Waals surface area contributed by atoms with Crippen molar-refractivity contribution in [2.24, 2.45) is 0 Å². The number of aromatic nitrogens is 3. The van der Waals surface area contributed by atoms with E-state index in [0.29, 0.717) is 47.1 Å². The molecule has 1 aromatic carbocycles. The monoisotopic (exact) mass is 405 g/mol. The first-order valence-corrected chi connectivity index (χ1v) is 9.51. The van der Waals surface area contributed by atoms with Gasteiger partial charge in [0.2, 0.25) is 10.1 Å². The number of ether oxygens (including phenoxy) is 1. The summed E-state index contributed by atoms with van der Waals surface area (Å²) < 4.78 is 6.51. The molecule has 10 heteroatoms. The fourth-order valence-corrected chi connectivity index (χ4v) is 3.91. The minimum Gasteiger partial charge on any atom is -0.378 e. The molecule has 0 saturated carbocycles. The van der Waals surface area contributed by atoms with Crippen LogP contribution in [0.2, 0.25) is 5.02 Å². The second-order valence-electron chi connectivity index (χ2n) is 6.07. The summed E-state index contributed by atoms with van der Waals surface area (Å²) in [7, 11) is 0. The van der Waals surface area contributed by atoms with Crippen LogP contribution in [0, 0.1) is 6.92 Å². The van der Waals surface area contributed by atoms with Gasteiger partial charge in [-0.25, -0.2) is 4.98 Å². The average molecular weight is 406 g/mol. The van der Waals surface area contributed by atoms with E-state index in [0.717, 1.165) is 5.56 Å². The predicted molar refractivity (Wildman–Crippen MR) is 104 cm³/mol. The molecule has 140 valence electrons. The minimum absolute atomic E-state index is 0.0688. The van der Waals surface area contributed by atoms with E-state index in [1.54, 1.807) is 18.2 Å². The van der Waals surface area contributed by atoms with Crippen molar-refractivity contribution in [2.45, 2.75) is 6.92 Å². The molecular formula is C17H16ClN5O3S. The number of morpholine rings is 1. The summed E-state index contributed by atoms with van der Waals surface area (Å²) in [6.45, 7) is 4.47. The van der Waals surface area contributed by atoms with Crippen molar-refractivity contribution in [1.29, 1.82) is 0 Å². The van der Waals surface area contributed by atoms with Crippen LogP contribution in [0.3, 0.4) is 0 Å². The summed E-state index contributed by atoms with van der Waals surface area (Å²) in [5.74, 6) is -0.534. The third-order valence-corrected chi connectivity index (χ3v) is 5.46. The van der Waals surface area contributed by atoms with Crippen molar-refractivity contribution in [3.05, 3.63) is 50.9 Å². The lowest BCUT2D eigenvalue weighted by Gasteiger charge is -2.25. The Balaban J connectivity index is 1.64. The fourth-order valence-electron chi connectivity index (χ4n) is 2.77. The number of aryl methyl sites for hydroxylation is 1. The third-order valence-electron chi connectivity index (χ3n) is 4.24. The van der Waals surface area contributed by atoms with Crippen LogP contribution in [0.5, 0.6) is 0 Å². The van der Waals surface area contributed by atoms with E-state index in [1.807, 2.05) is 11.8 Å². The van der Waals surface area contributed by atoms with Crippen LogP contribution in [-0.4, -0.2) is 46.8 Å². The zero-order valence-electron chi connectivity index (χ0n) is 14.4. The molecule has 0 spiro atoms. The van der Waals surface area contributed by atoms with E-state index >= 15 is 0 Å². The van der Waals surface area contributed by atoms with Crippen molar-refractivity contribution in [3.63, 3.8) is 0 Å². The molecule has 0 atom stereocenters. The highest BCUT2D eigenvalue weighted by atomic mass is 35.5. The number of halogens is 1. The number of rotatable bonds is 3. The van der Waals surface area contributed by atoms with Gasteiger partial charge in [0.05, 0.1) is 13.2 Å². The van der Waals surface area contributed by atoms with Gasteiger partial charge in [0.25, 0.3) is 11.5 Å². The largest absolute Gasteiger partial charge is 0.378 e. The highest BCUT2D eigenvalue weighted by Gasteiger charge is 2.20. The Morgan fingerprint density at radius 2 is 2.11 bits per heavy atom. The maximum atomic E-state index is 12.7. The molecule has 0 aliphatic carbocycles. The molecule has 1 N–H and O–H groups in total. The first kappa shape index (κ1) is 17.9. The van der Waals surface area contributed by atoms with Crippen LogP contribution in [0.15, 0.2) is 29.2 Å². The van der Waals surface area contributed by atoms with E-state index in [4.69, 9.17) is 16.3 Å². The van der Waals surface area contributed by atoms with E-state index in [9.17, 15) is 9.59 Å². The van der Waals surface area contributed by atoms with Gasteiger partial charge in [0, 0.05) is 30.0 Å². The van der Waals surface area contributed by atoms with Crippen molar-refractivity contribution in [3.8, 4) is 0 Å². The van der Waals surface area contributed by atoms with E-state index in [-0.39, 0.29) is 5.56 Å². The molecule has 1 amide bonds. The van der Waals surface area contributed by atoms with E-state index < -0.39 is 11.5 Å². The molecule has 0 bridgehead atoms. The van der Waals surface area contributed by atoms with Gasteiger partial charge in [-0.1, -0.05) is 22.9 Å². The number of hydrogen-bond donors (Lipinski definition) is 1. The number of nitrogens with zero attached hydrogens (tertiary/aromatic N) is 4. The highest BCUT2D eigenvalue weighted by molar-refractivity contribution is 7.20. The Morgan fingerprint density at radius 1 is 1.33 bits per heavy atom. The summed E-state index contributed by atoms with van der Waals surface area (Å²) >= 11 is 7.24. The van der Waals surface area contributed by atoms with Gasteiger partial charge in [-0.05, 0) is 30.7 Å². The standard InChI is InChI=1S/C17H16ClN5O3S/c1-10-8-11(18)2-3-13(10)20-14(24)12-9-19-16-23(15(12)25)21-17(27-16)22-4-6-26-7-5-22/h2-3,8-9H,4-7H2,1H3,(H,20,24). The Morgan fingerprint density at radius 3 is 2.85 bits per heavy atom. The summed E-state index contributed by atoms with van der Waals surface area (Å²) in [5.41, 5.74) is 0.815. The smallest absolute Gasteiger partial charge is 0.288 e. The predicted octanol–water partition coefficient (Wildman–Crippen LogP) is 2.20. The Bertz CT molecular complexity index is 1070. The normalized spacial score (nSPS) is 14.5. The second-order valence-corrected chi connectivity index (χ2v) is 7.44. The lowest BCUT2D eigenvalue weighted by Crippen LogP contribution is -2.36. The third kappa shape index (κ3) is 3.53. The number of carbonyl (C=O) groups excluding carboxylic acids is 1. The Labute approximate surface area is 163 Å². The Kier molecular flexibility index (Phi) is 4.81. The molecule has 2 aromatic heterocycles. The zero-order chi connectivity index (χ0) is 19.0. The van der Waals surface area contributed by atoms with Crippen LogP contribution in [0.25, 0.3) is 4.96 Å². The van der Waals surface area contributed by atoms with Crippen LogP contribution in [0.1, 0.15) is 15.9 Å². The number of anilines is 2. The number of nitrogens with one attached hydrogen (secondary N) is 1. The van der Waals surface area contributed by atoms with Gasteiger partial charge < -0.3 is 15.0 Å². The first-order valence-electron chi connectivity index (χ1n) is 8.32. The van der Waals surface area contributed by atoms with Gasteiger partial charge in [0.15, 0.2) is 0 Å². The molecule has 1 saturated heterocycles. The molecule has 3 heterocycles. The zero-order valence-corrected chi connectivity index (χ0v) is 16.0. The minimum atomic E-state index is -0.534. The topological polar surface area (TPSA) is 88.8 Å². The quantitative estimate of drug-likeness (QED) is 0.718. The summed E-state index contributed by atoms with van der Waals surface area (Å²) in [5, 5.41) is 8.34. The molecule has 3 aromatic rings. The fraction of sp³-hybridized carbons (Fsp3) is 0.294. The highest BCUT2D eigenvalue weighted by Crippen LogP contribution is 2.23. The maximum Gasteiger partial charge on any atom is 0.288 e. The number of fused-ring (bicyclic) bond motifs is 1. The average Bonchev–Trinajstić information content (AvgIpc) is 3.10. The second kappa shape index (κ2) is 7.26. The van der Waals surface area contributed by atoms with Crippen LogP contribution in [0.4, 0.5) is 10.8 Å². The summed E-state index contributed by atoms with van der Waals surface area (Å²) in [4.78, 5) is 32.0. The lowest BCUT2D eigenvalue weighted by molar-refractivity contribution is 0.102. The molecule has 27 heavy (non-hydrogen) atoms. The van der Waals surface area contributed by atoms with Crippen LogP contribution >= 0.6 is 22.9 Å². The van der Waals surface area contributed by atoms with E-state index in [2.05, 4.69) is 15.4 Å². The van der Waals surface area contributed by atoms with Gasteiger partial charge >= 0.3 is 0 Å². The van der Waals surface area contributed by atoms with Crippen molar-refractivity contribution in [1.82, 2.24) is 14.6 Å². The van der Waals surface area contributed by atoms with Crippen molar-refractivity contribution >= 4 is 44.6 Å². The molecule has 0 radical (unpaired) electrons. The van der Waals surface area contributed by atoms with Crippen LogP contribution in [-0.2, 0) is 4.74 Å². The molecular weight excluding hydrogens is 390 g/mol. The Hall–Kier alpha value is -2.49. The van der Waals surface area contributed by atoms with Gasteiger partial charge in [0.1, 0.15) is 5.56 Å². The first-order chi connectivity index (χ1) is 13.0. The molecule has 8 nitrogen and oxygen atoms in total. The molecule has 1 aliphatic heterocycles. The van der Waals surface area contributed by atoms with Gasteiger partial charge in [-0.3, -0.25) is 9.59 Å². The number of benzene rings is 1. The number of carbonyl (C=O) groups is 1. The lowest BCUT2D eigenvalue weighted by atomic mass is 10.2. The summed E-state index contributed by atoms with van der Waals surface area (Å²) in [6.07, 6.45) is 1.29. The number of hydrogen-bond acceptors (Lipinski definition) is 7. The maximum absolute atomic E-state index is 12.7. The molecule has 4 rings (SSSR count). The van der Waals surface area contributed by atoms with Crippen molar-refractivity contribution in [2.75, 3.05) is 36.5 Å².